The van der Waals surface area contributed by atoms with Crippen LogP contribution in [-0.4, -0.2) is 25.5 Å². The van der Waals surface area contributed by atoms with Crippen LogP contribution in [0.1, 0.15) is 23.2 Å². The van der Waals surface area contributed by atoms with Crippen LogP contribution in [0, 0.1) is 5.82 Å². The Hall–Kier alpha value is -1.20. The van der Waals surface area contributed by atoms with E-state index in [0.717, 1.165) is 25.9 Å². The first-order valence-corrected chi connectivity index (χ1v) is 7.08. The van der Waals surface area contributed by atoms with E-state index in [2.05, 4.69) is 32.6 Å². The number of amides is 1. The van der Waals surface area contributed by atoms with Gasteiger partial charge < -0.3 is 10.6 Å². The zero-order valence-corrected chi connectivity index (χ0v) is 12.1. The Labute approximate surface area is 120 Å². The summed E-state index contributed by atoms with van der Waals surface area (Å²) in [5.74, 6) is -0.866. The van der Waals surface area contributed by atoms with Crippen LogP contribution in [0.15, 0.2) is 34.3 Å². The molecule has 0 atom stereocenters. The Morgan fingerprint density at radius 3 is 3.05 bits per heavy atom. The van der Waals surface area contributed by atoms with E-state index in [-0.39, 0.29) is 11.5 Å². The van der Waals surface area contributed by atoms with Crippen LogP contribution in [0.25, 0.3) is 0 Å². The van der Waals surface area contributed by atoms with Crippen molar-refractivity contribution in [2.75, 3.05) is 19.6 Å². The van der Waals surface area contributed by atoms with Gasteiger partial charge in [0.2, 0.25) is 0 Å². The van der Waals surface area contributed by atoms with E-state index in [1.54, 1.807) is 6.07 Å². The minimum atomic E-state index is -0.498. The SMILES string of the molecule is O=C(NCCC1=CCNCC1)c1cc(Br)ccc1F. The van der Waals surface area contributed by atoms with Crippen molar-refractivity contribution in [1.82, 2.24) is 10.6 Å². The van der Waals surface area contributed by atoms with Crippen molar-refractivity contribution in [2.45, 2.75) is 12.8 Å². The normalized spacial score (nSPS) is 14.9. The van der Waals surface area contributed by atoms with Gasteiger partial charge in [-0.2, -0.15) is 0 Å². The molecule has 0 radical (unpaired) electrons. The Morgan fingerprint density at radius 1 is 1.47 bits per heavy atom. The maximum atomic E-state index is 13.5. The average Bonchev–Trinajstić information content (AvgIpc) is 2.42. The van der Waals surface area contributed by atoms with E-state index in [0.29, 0.717) is 11.0 Å². The fraction of sp³-hybridized carbons (Fsp3) is 0.357. The van der Waals surface area contributed by atoms with Crippen molar-refractivity contribution in [1.29, 1.82) is 0 Å². The number of nitrogens with one attached hydrogen (secondary N) is 2. The smallest absolute Gasteiger partial charge is 0.254 e. The largest absolute Gasteiger partial charge is 0.352 e. The van der Waals surface area contributed by atoms with Crippen molar-refractivity contribution in [3.63, 3.8) is 0 Å². The van der Waals surface area contributed by atoms with Crippen molar-refractivity contribution < 1.29 is 9.18 Å². The fourth-order valence-electron chi connectivity index (χ4n) is 2.00. The molecule has 1 aliphatic rings. The summed E-state index contributed by atoms with van der Waals surface area (Å²) in [7, 11) is 0. The molecule has 19 heavy (non-hydrogen) atoms. The first-order valence-electron chi connectivity index (χ1n) is 6.28. The van der Waals surface area contributed by atoms with Gasteiger partial charge in [-0.1, -0.05) is 27.6 Å². The van der Waals surface area contributed by atoms with Crippen LogP contribution in [-0.2, 0) is 0 Å². The van der Waals surface area contributed by atoms with Crippen molar-refractivity contribution in [3.8, 4) is 0 Å². The minimum Gasteiger partial charge on any atom is -0.352 e. The average molecular weight is 327 g/mol. The van der Waals surface area contributed by atoms with Crippen LogP contribution in [0.5, 0.6) is 0 Å². The maximum absolute atomic E-state index is 13.5. The van der Waals surface area contributed by atoms with Gasteiger partial charge in [0.25, 0.3) is 5.91 Å². The number of carbonyl (C=O) groups is 1. The third kappa shape index (κ3) is 4.14. The summed E-state index contributed by atoms with van der Waals surface area (Å²) in [5, 5.41) is 5.99. The number of rotatable bonds is 4. The molecule has 5 heteroatoms. The summed E-state index contributed by atoms with van der Waals surface area (Å²) in [6.45, 7) is 2.42. The molecule has 0 aliphatic carbocycles. The van der Waals surface area contributed by atoms with Gasteiger partial charge in [-0.05, 0) is 37.6 Å². The first kappa shape index (κ1) is 14.2. The van der Waals surface area contributed by atoms with Crippen molar-refractivity contribution in [3.05, 3.63) is 45.7 Å². The second-order valence-corrected chi connectivity index (χ2v) is 5.36. The van der Waals surface area contributed by atoms with Gasteiger partial charge in [-0.25, -0.2) is 4.39 Å². The van der Waals surface area contributed by atoms with Crippen LogP contribution < -0.4 is 10.6 Å². The number of halogens is 2. The van der Waals surface area contributed by atoms with Gasteiger partial charge in [0.05, 0.1) is 5.56 Å². The highest BCUT2D eigenvalue weighted by molar-refractivity contribution is 9.10. The Morgan fingerprint density at radius 2 is 2.32 bits per heavy atom. The second kappa shape index (κ2) is 6.82. The molecule has 0 fully saturated rings. The van der Waals surface area contributed by atoms with Gasteiger partial charge in [-0.3, -0.25) is 4.79 Å². The van der Waals surface area contributed by atoms with Crippen molar-refractivity contribution >= 4 is 21.8 Å². The quantitative estimate of drug-likeness (QED) is 0.835. The van der Waals surface area contributed by atoms with Gasteiger partial charge >= 0.3 is 0 Å². The summed E-state index contributed by atoms with van der Waals surface area (Å²) >= 11 is 3.23. The predicted octanol–water partition coefficient (Wildman–Crippen LogP) is 2.63. The highest BCUT2D eigenvalue weighted by atomic mass is 79.9. The highest BCUT2D eigenvalue weighted by Gasteiger charge is 2.12. The van der Waals surface area contributed by atoms with Gasteiger partial charge in [0.15, 0.2) is 0 Å². The fourth-order valence-corrected chi connectivity index (χ4v) is 2.36. The molecule has 2 rings (SSSR count). The molecule has 1 aliphatic heterocycles. The Kier molecular flexibility index (Phi) is 5.10. The molecule has 2 N–H and O–H groups in total. The molecule has 0 bridgehead atoms. The third-order valence-electron chi connectivity index (χ3n) is 3.06. The van der Waals surface area contributed by atoms with Gasteiger partial charge in [0.1, 0.15) is 5.82 Å². The molecule has 0 unspecified atom stereocenters. The van der Waals surface area contributed by atoms with Crippen LogP contribution >= 0.6 is 15.9 Å². The topological polar surface area (TPSA) is 41.1 Å². The zero-order valence-electron chi connectivity index (χ0n) is 10.5. The summed E-state index contributed by atoms with van der Waals surface area (Å²) in [6, 6.07) is 4.36. The highest BCUT2D eigenvalue weighted by Crippen LogP contribution is 2.15. The van der Waals surface area contributed by atoms with E-state index in [9.17, 15) is 9.18 Å². The molecule has 0 aromatic heterocycles. The summed E-state index contributed by atoms with van der Waals surface area (Å²) in [6.07, 6.45) is 3.99. The van der Waals surface area contributed by atoms with Crippen molar-refractivity contribution in [2.24, 2.45) is 0 Å². The predicted molar refractivity (Wildman–Crippen MR) is 76.6 cm³/mol. The molecule has 1 heterocycles. The Bertz CT molecular complexity index is 502. The molecule has 0 saturated heterocycles. The molecule has 1 aromatic rings. The van der Waals surface area contributed by atoms with Gasteiger partial charge in [-0.15, -0.1) is 0 Å². The lowest BCUT2D eigenvalue weighted by Crippen LogP contribution is -2.27. The molecular formula is C14H16BrFN2O. The molecular weight excluding hydrogens is 311 g/mol. The van der Waals surface area contributed by atoms with E-state index in [4.69, 9.17) is 0 Å². The standard InChI is InChI=1S/C14H16BrFN2O/c15-11-1-2-13(16)12(9-11)14(19)18-8-5-10-3-6-17-7-4-10/h1-3,9,17H,4-8H2,(H,18,19). The first-order chi connectivity index (χ1) is 9.16. The molecule has 0 saturated carbocycles. The molecule has 102 valence electrons. The van der Waals surface area contributed by atoms with Gasteiger partial charge in [0, 0.05) is 17.6 Å². The molecule has 1 amide bonds. The number of benzene rings is 1. The summed E-state index contributed by atoms with van der Waals surface area (Å²) in [4.78, 5) is 11.9. The third-order valence-corrected chi connectivity index (χ3v) is 3.56. The number of hydrogen-bond donors (Lipinski definition) is 2. The molecule has 3 nitrogen and oxygen atoms in total. The van der Waals surface area contributed by atoms with E-state index in [1.807, 2.05) is 0 Å². The van der Waals surface area contributed by atoms with E-state index < -0.39 is 5.82 Å². The second-order valence-electron chi connectivity index (χ2n) is 4.45. The summed E-state index contributed by atoms with van der Waals surface area (Å²) in [5.41, 5.74) is 1.42. The van der Waals surface area contributed by atoms with Crippen LogP contribution in [0.3, 0.4) is 0 Å². The van der Waals surface area contributed by atoms with E-state index in [1.165, 1.54) is 17.7 Å². The molecule has 0 spiro atoms. The van der Waals surface area contributed by atoms with E-state index >= 15 is 0 Å². The number of hydrogen-bond acceptors (Lipinski definition) is 2. The maximum Gasteiger partial charge on any atom is 0.254 e. The zero-order chi connectivity index (χ0) is 13.7. The number of carbonyl (C=O) groups excluding carboxylic acids is 1. The lowest BCUT2D eigenvalue weighted by atomic mass is 10.1. The molecule has 1 aromatic carbocycles. The van der Waals surface area contributed by atoms with Crippen LogP contribution in [0.2, 0.25) is 0 Å². The lowest BCUT2D eigenvalue weighted by Gasteiger charge is -2.14. The minimum absolute atomic E-state index is 0.0775. The van der Waals surface area contributed by atoms with Crippen LogP contribution in [0.4, 0.5) is 4.39 Å². The summed E-state index contributed by atoms with van der Waals surface area (Å²) < 4.78 is 14.2. The Balaban J connectivity index is 1.87. The lowest BCUT2D eigenvalue weighted by molar-refractivity contribution is 0.0950. The monoisotopic (exact) mass is 326 g/mol.